The Bertz CT molecular complexity index is 834. The van der Waals surface area contributed by atoms with Gasteiger partial charge in [-0.3, -0.25) is 9.59 Å². The van der Waals surface area contributed by atoms with Gasteiger partial charge in [0.05, 0.1) is 5.41 Å². The Morgan fingerprint density at radius 2 is 1.85 bits per heavy atom. The molecule has 3 rings (SSSR count). The monoisotopic (exact) mass is 368 g/mol. The number of rotatable bonds is 4. The summed E-state index contributed by atoms with van der Waals surface area (Å²) >= 11 is 0. The summed E-state index contributed by atoms with van der Waals surface area (Å²) in [7, 11) is 0. The van der Waals surface area contributed by atoms with Gasteiger partial charge < -0.3 is 10.2 Å². The first kappa shape index (κ1) is 19.1. The molecule has 1 atom stereocenters. The number of likely N-dealkylation sites (tertiary alicyclic amines) is 1. The molecular weight excluding hydrogens is 343 g/mol. The van der Waals surface area contributed by atoms with E-state index in [4.69, 9.17) is 0 Å². The molecule has 1 saturated heterocycles. The van der Waals surface area contributed by atoms with E-state index >= 15 is 0 Å². The average Bonchev–Trinajstić information content (AvgIpc) is 2.67. The second-order valence-electron chi connectivity index (χ2n) is 7.51. The van der Waals surface area contributed by atoms with E-state index in [0.717, 1.165) is 24.0 Å². The molecule has 2 aromatic carbocycles. The molecule has 2 amide bonds. The van der Waals surface area contributed by atoms with Gasteiger partial charge in [-0.15, -0.1) is 0 Å². The van der Waals surface area contributed by atoms with Gasteiger partial charge >= 0.3 is 0 Å². The molecule has 1 N–H and O–H groups in total. The van der Waals surface area contributed by atoms with Crippen LogP contribution in [0.2, 0.25) is 0 Å². The van der Waals surface area contributed by atoms with E-state index in [-0.39, 0.29) is 17.6 Å². The number of halogens is 1. The van der Waals surface area contributed by atoms with E-state index in [1.54, 1.807) is 4.90 Å². The first-order chi connectivity index (χ1) is 12.9. The summed E-state index contributed by atoms with van der Waals surface area (Å²) in [6.07, 6.45) is 1.50. The highest BCUT2D eigenvalue weighted by Crippen LogP contribution is 2.30. The molecular formula is C22H25FN2O2. The maximum absolute atomic E-state index is 13.1. The van der Waals surface area contributed by atoms with Gasteiger partial charge in [-0.25, -0.2) is 4.39 Å². The maximum Gasteiger partial charge on any atom is 0.253 e. The quantitative estimate of drug-likeness (QED) is 0.895. The standard InChI is InChI=1S/C22H25FN2O2/c1-16-6-3-4-7-18(16)14-24-21(27)22(2)12-5-13-25(15-22)20(26)17-8-10-19(23)11-9-17/h3-4,6-11H,5,12-15H2,1-2H3,(H,24,27)/t22-/m0/s1. The van der Waals surface area contributed by atoms with Crippen molar-refractivity contribution in [1.82, 2.24) is 10.2 Å². The zero-order chi connectivity index (χ0) is 19.4. The highest BCUT2D eigenvalue weighted by molar-refractivity contribution is 5.95. The summed E-state index contributed by atoms with van der Waals surface area (Å²) in [6.45, 7) is 5.38. The minimum atomic E-state index is -0.628. The van der Waals surface area contributed by atoms with Crippen LogP contribution < -0.4 is 5.32 Å². The number of carbonyl (C=O) groups is 2. The van der Waals surface area contributed by atoms with E-state index in [9.17, 15) is 14.0 Å². The van der Waals surface area contributed by atoms with E-state index in [1.807, 2.05) is 38.1 Å². The fourth-order valence-electron chi connectivity index (χ4n) is 3.57. The van der Waals surface area contributed by atoms with Crippen molar-refractivity contribution < 1.29 is 14.0 Å². The molecule has 5 heteroatoms. The van der Waals surface area contributed by atoms with Crippen molar-refractivity contribution in [2.45, 2.75) is 33.2 Å². The molecule has 1 fully saturated rings. The van der Waals surface area contributed by atoms with Crippen molar-refractivity contribution in [1.29, 1.82) is 0 Å². The van der Waals surface area contributed by atoms with Crippen LogP contribution in [0.15, 0.2) is 48.5 Å². The Hall–Kier alpha value is -2.69. The number of nitrogens with one attached hydrogen (secondary N) is 1. The fraction of sp³-hybridized carbons (Fsp3) is 0.364. The summed E-state index contributed by atoms with van der Waals surface area (Å²) < 4.78 is 13.1. The lowest BCUT2D eigenvalue weighted by Gasteiger charge is -2.39. The van der Waals surface area contributed by atoms with E-state index < -0.39 is 5.41 Å². The Kier molecular flexibility index (Phi) is 5.59. The van der Waals surface area contributed by atoms with Crippen molar-refractivity contribution in [3.8, 4) is 0 Å². The molecule has 1 aliphatic rings. The van der Waals surface area contributed by atoms with Crippen molar-refractivity contribution in [3.63, 3.8) is 0 Å². The highest BCUT2D eigenvalue weighted by atomic mass is 19.1. The third-order valence-electron chi connectivity index (χ3n) is 5.32. The fourth-order valence-corrected chi connectivity index (χ4v) is 3.57. The van der Waals surface area contributed by atoms with Gasteiger partial charge in [-0.05, 0) is 62.1 Å². The molecule has 0 saturated carbocycles. The first-order valence-corrected chi connectivity index (χ1v) is 9.27. The Morgan fingerprint density at radius 3 is 2.56 bits per heavy atom. The molecule has 1 heterocycles. The van der Waals surface area contributed by atoms with Crippen LogP contribution in [0.25, 0.3) is 0 Å². The molecule has 0 aromatic heterocycles. The smallest absolute Gasteiger partial charge is 0.253 e. The van der Waals surface area contributed by atoms with Crippen molar-refractivity contribution in [2.24, 2.45) is 5.41 Å². The van der Waals surface area contributed by atoms with Crippen LogP contribution in [-0.4, -0.2) is 29.8 Å². The number of nitrogens with zero attached hydrogens (tertiary/aromatic N) is 1. The molecule has 0 spiro atoms. The first-order valence-electron chi connectivity index (χ1n) is 9.27. The minimum Gasteiger partial charge on any atom is -0.351 e. The number of piperidine rings is 1. The van der Waals surface area contributed by atoms with Crippen LogP contribution in [0.4, 0.5) is 4.39 Å². The molecule has 0 bridgehead atoms. The summed E-state index contributed by atoms with van der Waals surface area (Å²) in [6, 6.07) is 13.5. The van der Waals surface area contributed by atoms with Crippen LogP contribution in [0.5, 0.6) is 0 Å². The van der Waals surface area contributed by atoms with Gasteiger partial charge in [-0.1, -0.05) is 24.3 Å². The lowest BCUT2D eigenvalue weighted by atomic mass is 9.80. The molecule has 27 heavy (non-hydrogen) atoms. The SMILES string of the molecule is Cc1ccccc1CNC(=O)[C@@]1(C)CCCN(C(=O)c2ccc(F)cc2)C1. The minimum absolute atomic E-state index is 0.0395. The van der Waals surface area contributed by atoms with Gasteiger partial charge in [0.25, 0.3) is 5.91 Å². The number of benzene rings is 2. The predicted molar refractivity (Wildman–Crippen MR) is 103 cm³/mol. The van der Waals surface area contributed by atoms with Crippen molar-refractivity contribution >= 4 is 11.8 Å². The van der Waals surface area contributed by atoms with Crippen LogP contribution >= 0.6 is 0 Å². The molecule has 0 unspecified atom stereocenters. The maximum atomic E-state index is 13.1. The zero-order valence-corrected chi connectivity index (χ0v) is 15.8. The Balaban J connectivity index is 1.66. The second-order valence-corrected chi connectivity index (χ2v) is 7.51. The lowest BCUT2D eigenvalue weighted by Crippen LogP contribution is -2.51. The largest absolute Gasteiger partial charge is 0.351 e. The van der Waals surface area contributed by atoms with Crippen LogP contribution in [0, 0.1) is 18.2 Å². The molecule has 142 valence electrons. The van der Waals surface area contributed by atoms with Gasteiger partial charge in [0, 0.05) is 25.2 Å². The number of amides is 2. The topological polar surface area (TPSA) is 49.4 Å². The van der Waals surface area contributed by atoms with Crippen molar-refractivity contribution in [2.75, 3.05) is 13.1 Å². The van der Waals surface area contributed by atoms with Crippen molar-refractivity contribution in [3.05, 3.63) is 71.0 Å². The zero-order valence-electron chi connectivity index (χ0n) is 15.8. The van der Waals surface area contributed by atoms with Gasteiger partial charge in [0.2, 0.25) is 5.91 Å². The number of aryl methyl sites for hydroxylation is 1. The van der Waals surface area contributed by atoms with Gasteiger partial charge in [-0.2, -0.15) is 0 Å². The Labute approximate surface area is 159 Å². The number of carbonyl (C=O) groups excluding carboxylic acids is 2. The summed E-state index contributed by atoms with van der Waals surface area (Å²) in [4.78, 5) is 27.3. The average molecular weight is 368 g/mol. The normalized spacial score (nSPS) is 19.6. The molecule has 0 radical (unpaired) electrons. The van der Waals surface area contributed by atoms with E-state index in [0.29, 0.717) is 25.2 Å². The van der Waals surface area contributed by atoms with Crippen LogP contribution in [0.1, 0.15) is 41.3 Å². The van der Waals surface area contributed by atoms with Crippen LogP contribution in [0.3, 0.4) is 0 Å². The molecule has 2 aromatic rings. The third kappa shape index (κ3) is 4.35. The third-order valence-corrected chi connectivity index (χ3v) is 5.32. The molecule has 1 aliphatic heterocycles. The van der Waals surface area contributed by atoms with Gasteiger partial charge in [0.15, 0.2) is 0 Å². The van der Waals surface area contributed by atoms with Crippen LogP contribution in [-0.2, 0) is 11.3 Å². The molecule has 0 aliphatic carbocycles. The Morgan fingerprint density at radius 1 is 1.15 bits per heavy atom. The molecule has 4 nitrogen and oxygen atoms in total. The summed E-state index contributed by atoms with van der Waals surface area (Å²) in [5, 5.41) is 3.03. The number of hydrogen-bond acceptors (Lipinski definition) is 2. The number of hydrogen-bond donors (Lipinski definition) is 1. The van der Waals surface area contributed by atoms with E-state index in [1.165, 1.54) is 24.3 Å². The predicted octanol–water partition coefficient (Wildman–Crippen LogP) is 3.69. The summed E-state index contributed by atoms with van der Waals surface area (Å²) in [5.41, 5.74) is 2.04. The second kappa shape index (κ2) is 7.91. The highest BCUT2D eigenvalue weighted by Gasteiger charge is 2.39. The van der Waals surface area contributed by atoms with E-state index in [2.05, 4.69) is 5.32 Å². The van der Waals surface area contributed by atoms with Gasteiger partial charge in [0.1, 0.15) is 5.82 Å². The summed E-state index contributed by atoms with van der Waals surface area (Å²) in [5.74, 6) is -0.569. The lowest BCUT2D eigenvalue weighted by molar-refractivity contribution is -0.132.